The molecule has 27 nitrogen and oxygen atoms in total. The van der Waals surface area contributed by atoms with Crippen molar-refractivity contribution in [3.8, 4) is 0 Å². The first kappa shape index (κ1) is 131. The van der Waals surface area contributed by atoms with E-state index in [-0.39, 0.29) is 101 Å². The van der Waals surface area contributed by atoms with Crippen LogP contribution < -0.4 is 17.2 Å². The van der Waals surface area contributed by atoms with Gasteiger partial charge >= 0.3 is 30.5 Å². The van der Waals surface area contributed by atoms with E-state index in [1.54, 1.807) is 35.2 Å². The number of carbonyl (C=O) groups is 6. The fraction of sp³-hybridized carbons (Fsp3) is 0.918. The number of nitrogens with two attached hydrogens (primary N) is 1. The summed E-state index contributed by atoms with van der Waals surface area (Å²) in [5.41, 5.74) is 17.0. The first-order chi connectivity index (χ1) is 46.2. The van der Waals surface area contributed by atoms with Crippen LogP contribution >= 0.6 is 9.90 Å². The van der Waals surface area contributed by atoms with E-state index in [2.05, 4.69) is 93.5 Å². The summed E-state index contributed by atoms with van der Waals surface area (Å²) in [5.74, 6) is -0.111. The molecule has 103 heavy (non-hydrogen) atoms. The highest BCUT2D eigenvalue weighted by atomic mass is 32.2. The van der Waals surface area contributed by atoms with Crippen molar-refractivity contribution in [1.29, 1.82) is 0 Å². The topological polar surface area (TPSA) is 382 Å². The van der Waals surface area contributed by atoms with Gasteiger partial charge < -0.3 is 76.0 Å². The van der Waals surface area contributed by atoms with Gasteiger partial charge in [0.05, 0.1) is 58.7 Å². The number of cyclic esters (lactones) is 5. The lowest BCUT2D eigenvalue weighted by molar-refractivity contribution is -0.119. The largest absolute Gasteiger partial charge is 0.444 e. The summed E-state index contributed by atoms with van der Waals surface area (Å²) < 4.78 is 49.5. The Bertz CT molecular complexity index is 2000. The van der Waals surface area contributed by atoms with Crippen molar-refractivity contribution < 1.29 is 80.3 Å². The third-order valence-electron chi connectivity index (χ3n) is 13.4. The highest BCUT2D eigenvalue weighted by Crippen LogP contribution is 2.45. The number of nitrogens with zero attached hydrogens (tertiary/aromatic N) is 8. The van der Waals surface area contributed by atoms with Gasteiger partial charge in [-0.15, -0.1) is 0 Å². The molecule has 0 spiro atoms. The van der Waals surface area contributed by atoms with Gasteiger partial charge in [-0.05, 0) is 96.8 Å². The van der Waals surface area contributed by atoms with Crippen LogP contribution in [0.2, 0.25) is 0 Å². The number of azide groups is 1. The Morgan fingerprint density at radius 1 is 0.495 bits per heavy atom. The molecule has 30 heteroatoms. The number of aliphatic hydroxyl groups excluding tert-OH is 1. The fourth-order valence-electron chi connectivity index (χ4n) is 5.59. The van der Waals surface area contributed by atoms with Crippen molar-refractivity contribution in [2.75, 3.05) is 107 Å². The van der Waals surface area contributed by atoms with Gasteiger partial charge in [0.1, 0.15) is 37.1 Å². The number of hydrogen-bond donors (Lipinski definition) is 4. The number of amides is 6. The highest BCUT2D eigenvalue weighted by Gasteiger charge is 2.34. The van der Waals surface area contributed by atoms with Gasteiger partial charge in [-0.3, -0.25) is 13.7 Å². The number of nitrogens with one attached hydrogen (secondary N) is 1. The van der Waals surface area contributed by atoms with E-state index < -0.39 is 22.3 Å². The smallest absolute Gasteiger partial charge is 0.410 e. The molecule has 5 saturated carbocycles. The maximum Gasteiger partial charge on any atom is 0.410 e. The van der Waals surface area contributed by atoms with Gasteiger partial charge in [-0.1, -0.05) is 213 Å². The average molecular weight is 1540 g/mol. The predicted octanol–water partition coefficient (Wildman–Crippen LogP) is 17.4. The second-order valence-electron chi connectivity index (χ2n) is 25.5. The standard InChI is InChI=1S/C7H12N2O3.C6H11NO5S.C5H8N4O2.C5H10N2O2.C5H9NO3.5C5H10.10C2H6.FH.H3N.H2O.H3P/c1-5(10)8-3-6-4-9(2)7(11)12-6;1-7-3-5(12-6(7)8)4-11-13(2,9)10;1-9-3-4(2-7-8-6)11-5(9)10;1-7-3-4(2-6)9-5(7)8;1-6-2-4(3-7)9-5(6)8;5*1-5(2)3-4-5;10*1-2;;;;/h6H,3-4H2,1-2H3,(H,8,10);5H,3-4H2,1-2H3;4H,2-3H2,1H3;4H,2-3,6H2,1H3;4,7H,2-3H2,1H3;5*3-4H2,1-2H3;10*1-2H3;1H;1H3;1H2;1H3/t6-;5-;3*4-;;;;;;;;;;;;;;;;;;;/m01001.................../s1. The van der Waals surface area contributed by atoms with Crippen LogP contribution in [0.3, 0.4) is 0 Å². The Balaban J connectivity index is -0.0000000698. The molecule has 0 aromatic rings. The molecule has 0 radical (unpaired) electrons. The van der Waals surface area contributed by atoms with Gasteiger partial charge in [0.2, 0.25) is 5.91 Å². The van der Waals surface area contributed by atoms with E-state index in [0.29, 0.717) is 45.8 Å². The molecular formula is C73H169FN11O16PS. The van der Waals surface area contributed by atoms with Gasteiger partial charge in [0.15, 0.2) is 0 Å². The van der Waals surface area contributed by atoms with Crippen LogP contribution in [0.5, 0.6) is 0 Å². The molecule has 10 fully saturated rings. The van der Waals surface area contributed by atoms with Crippen LogP contribution in [0, 0.1) is 27.1 Å². The third-order valence-corrected chi connectivity index (χ3v) is 14.0. The summed E-state index contributed by atoms with van der Waals surface area (Å²) in [4.78, 5) is 73.8. The molecule has 0 aromatic heterocycles. The molecule has 10 aliphatic rings. The summed E-state index contributed by atoms with van der Waals surface area (Å²) in [6.45, 7) is 67.7. The molecule has 630 valence electrons. The molecule has 6 amide bonds. The quantitative estimate of drug-likeness (QED) is 0.0416. The summed E-state index contributed by atoms with van der Waals surface area (Å²) in [7, 11) is 4.75. The first-order valence-electron chi connectivity index (χ1n) is 37.2. The average Bonchev–Trinajstić information content (AvgIpc) is 1.75. The summed E-state index contributed by atoms with van der Waals surface area (Å²) in [6, 6.07) is 0. The monoisotopic (exact) mass is 1540 g/mol. The number of likely N-dealkylation sites (N-methyl/N-ethyl adjacent to an activating group) is 5. The van der Waals surface area contributed by atoms with Crippen molar-refractivity contribution in [2.24, 2.45) is 37.9 Å². The first-order valence-corrected chi connectivity index (χ1v) is 39.0. The van der Waals surface area contributed by atoms with E-state index in [9.17, 15) is 37.2 Å². The fourth-order valence-corrected chi connectivity index (χ4v) is 5.99. The molecule has 5 heterocycles. The molecule has 10 rings (SSSR count). The summed E-state index contributed by atoms with van der Waals surface area (Å²) >= 11 is 0. The molecule has 6 atom stereocenters. The van der Waals surface area contributed by atoms with Crippen LogP contribution in [-0.4, -0.2) is 217 Å². The van der Waals surface area contributed by atoms with Crippen molar-refractivity contribution >= 4 is 56.4 Å². The predicted molar refractivity (Wildman–Crippen MR) is 435 cm³/mol. The van der Waals surface area contributed by atoms with E-state index in [0.717, 1.165) is 33.3 Å². The van der Waals surface area contributed by atoms with Crippen molar-refractivity contribution in [2.45, 2.75) is 309 Å². The maximum atomic E-state index is 10.8. The minimum atomic E-state index is -3.46. The van der Waals surface area contributed by atoms with E-state index in [1.165, 1.54) is 95.6 Å². The van der Waals surface area contributed by atoms with E-state index >= 15 is 0 Å². The van der Waals surface area contributed by atoms with Gasteiger partial charge in [-0.2, -0.15) is 18.3 Å². The second kappa shape index (κ2) is 76.9. The van der Waals surface area contributed by atoms with Crippen LogP contribution in [0.1, 0.15) is 279 Å². The number of aliphatic hydroxyl groups is 1. The van der Waals surface area contributed by atoms with Gasteiger partial charge in [0, 0.05) is 53.6 Å². The zero-order valence-electron chi connectivity index (χ0n) is 73.1. The molecule has 0 bridgehead atoms. The minimum Gasteiger partial charge on any atom is -0.444 e. The van der Waals surface area contributed by atoms with Crippen LogP contribution in [0.4, 0.5) is 28.7 Å². The minimum absolute atomic E-state index is 0. The van der Waals surface area contributed by atoms with E-state index in [1.807, 2.05) is 138 Å². The van der Waals surface area contributed by atoms with Crippen LogP contribution in [0.25, 0.3) is 10.4 Å². The lowest BCUT2D eigenvalue weighted by atomic mass is 10.2. The highest BCUT2D eigenvalue weighted by molar-refractivity contribution is 7.86. The lowest BCUT2D eigenvalue weighted by Crippen LogP contribution is -2.32. The van der Waals surface area contributed by atoms with Gasteiger partial charge in [0.25, 0.3) is 10.1 Å². The summed E-state index contributed by atoms with van der Waals surface area (Å²) in [5, 5.41) is 14.4. The zero-order valence-corrected chi connectivity index (χ0v) is 75.3. The summed E-state index contributed by atoms with van der Waals surface area (Å²) in [6.07, 6.45) is 12.3. The van der Waals surface area contributed by atoms with Crippen molar-refractivity contribution in [3.63, 3.8) is 0 Å². The molecule has 0 aromatic carbocycles. The van der Waals surface area contributed by atoms with Gasteiger partial charge in [-0.25, -0.2) is 24.0 Å². The third kappa shape index (κ3) is 89.6. The Kier molecular flexibility index (Phi) is 97.7. The normalized spacial score (nSPS) is 20.5. The zero-order chi connectivity index (χ0) is 80.7. The number of hydrogen-bond acceptors (Lipinski definition) is 18. The molecule has 5 aliphatic heterocycles. The lowest BCUT2D eigenvalue weighted by Gasteiger charge is -2.07. The Hall–Kier alpha value is -4.76. The molecule has 5 saturated heterocycles. The Labute approximate surface area is 634 Å². The molecular weight excluding hydrogens is 1370 g/mol. The SMILES string of the molecule is CC.CC.CC.CC.CC.CC.CC.CC.CC.CC.CC(=O)NC[C@H]1CN(C)C(=O)O1.CC1(C)CC1.CC1(C)CC1.CC1(C)CC1.CC1(C)CC1.CC1(C)CC1.CN1C[C@H](CN)OC1=O.CN1C[C@H](CN=[N+]=[N-])OC1=O.CN1C[C@H](CO)OC1=O.CN1C[C@H](COS(C)(=O)=O)OC1=O.F.N.O.P. The molecule has 9 N–H and O–H groups in total. The Morgan fingerprint density at radius 2 is 0.699 bits per heavy atom. The number of ether oxygens (including phenoxy) is 5. The number of carbonyl (C=O) groups excluding carboxylic acids is 6. The number of rotatable bonds is 9. The molecule has 1 unspecified atom stereocenters. The van der Waals surface area contributed by atoms with Crippen LogP contribution in [0.15, 0.2) is 5.11 Å². The van der Waals surface area contributed by atoms with E-state index in [4.69, 9.17) is 35.3 Å². The second-order valence-corrected chi connectivity index (χ2v) is 27.2. The van der Waals surface area contributed by atoms with Crippen molar-refractivity contribution in [3.05, 3.63) is 10.4 Å². The van der Waals surface area contributed by atoms with Crippen molar-refractivity contribution in [1.82, 2.24) is 36.0 Å². The molecule has 5 aliphatic carbocycles. The Morgan fingerprint density at radius 3 is 0.845 bits per heavy atom. The maximum absolute atomic E-state index is 10.8. The number of halogens is 1. The van der Waals surface area contributed by atoms with Crippen LogP contribution in [-0.2, 0) is 42.8 Å².